The van der Waals surface area contributed by atoms with Crippen LogP contribution in [0.3, 0.4) is 0 Å². The van der Waals surface area contributed by atoms with Crippen molar-refractivity contribution in [2.45, 2.75) is 31.5 Å². The Balaban J connectivity index is 1.51. The summed E-state index contributed by atoms with van der Waals surface area (Å²) in [6, 6.07) is 12.4. The van der Waals surface area contributed by atoms with Crippen LogP contribution in [0.25, 0.3) is 0 Å². The van der Waals surface area contributed by atoms with Gasteiger partial charge in [-0.15, -0.1) is 0 Å². The SMILES string of the molecule is O=C(OC[C@H]1O[C@@H](n2cc(F)c(=O)[nH]c2=O)C[C@@H]1OCc1ccc(Cl)cc1F)c1ccccc1. The quantitative estimate of drug-likeness (QED) is 0.508. The van der Waals surface area contributed by atoms with Crippen LogP contribution in [0, 0.1) is 11.6 Å². The van der Waals surface area contributed by atoms with E-state index in [9.17, 15) is 23.2 Å². The van der Waals surface area contributed by atoms with Crippen molar-refractivity contribution in [1.82, 2.24) is 9.55 Å². The fourth-order valence-electron chi connectivity index (χ4n) is 3.52. The van der Waals surface area contributed by atoms with Crippen molar-refractivity contribution < 1.29 is 27.8 Å². The van der Waals surface area contributed by atoms with E-state index in [1.54, 1.807) is 30.3 Å². The molecule has 2 heterocycles. The number of aromatic nitrogens is 2. The van der Waals surface area contributed by atoms with E-state index in [4.69, 9.17) is 25.8 Å². The number of H-pyrrole nitrogens is 1. The van der Waals surface area contributed by atoms with Crippen molar-refractivity contribution in [3.8, 4) is 0 Å². The highest BCUT2D eigenvalue weighted by Crippen LogP contribution is 2.31. The first-order valence-electron chi connectivity index (χ1n) is 10.3. The lowest BCUT2D eigenvalue weighted by Gasteiger charge is -2.19. The molecule has 11 heteroatoms. The molecule has 178 valence electrons. The molecule has 4 rings (SSSR count). The summed E-state index contributed by atoms with van der Waals surface area (Å²) >= 11 is 5.78. The monoisotopic (exact) mass is 492 g/mol. The average molecular weight is 493 g/mol. The van der Waals surface area contributed by atoms with Gasteiger partial charge in [0, 0.05) is 17.0 Å². The van der Waals surface area contributed by atoms with Gasteiger partial charge in [0.15, 0.2) is 0 Å². The van der Waals surface area contributed by atoms with Crippen LogP contribution in [-0.4, -0.2) is 34.3 Å². The summed E-state index contributed by atoms with van der Waals surface area (Å²) in [7, 11) is 0. The van der Waals surface area contributed by atoms with Gasteiger partial charge >= 0.3 is 11.7 Å². The molecular formula is C23H19ClF2N2O6. The van der Waals surface area contributed by atoms with Gasteiger partial charge in [0.05, 0.1) is 24.5 Å². The molecule has 0 bridgehead atoms. The van der Waals surface area contributed by atoms with Gasteiger partial charge in [0.25, 0.3) is 5.56 Å². The number of carbonyl (C=O) groups is 1. The first-order chi connectivity index (χ1) is 16.3. The van der Waals surface area contributed by atoms with E-state index in [2.05, 4.69) is 0 Å². The van der Waals surface area contributed by atoms with Crippen molar-refractivity contribution in [2.75, 3.05) is 6.61 Å². The molecule has 1 saturated heterocycles. The summed E-state index contributed by atoms with van der Waals surface area (Å²) < 4.78 is 45.8. The van der Waals surface area contributed by atoms with Crippen LogP contribution >= 0.6 is 11.6 Å². The normalized spacial score (nSPS) is 19.8. The fraction of sp³-hybridized carbons (Fsp3) is 0.261. The molecule has 1 N–H and O–H groups in total. The molecule has 0 spiro atoms. The third-order valence-electron chi connectivity index (χ3n) is 5.27. The van der Waals surface area contributed by atoms with E-state index in [-0.39, 0.29) is 30.2 Å². The number of ether oxygens (including phenoxy) is 3. The van der Waals surface area contributed by atoms with Gasteiger partial charge in [0.1, 0.15) is 24.8 Å². The number of halogens is 3. The molecule has 0 aliphatic carbocycles. The Morgan fingerprint density at radius 3 is 2.65 bits per heavy atom. The average Bonchev–Trinajstić information content (AvgIpc) is 3.22. The van der Waals surface area contributed by atoms with Crippen molar-refractivity contribution in [3.63, 3.8) is 0 Å². The number of carbonyl (C=O) groups excluding carboxylic acids is 1. The third kappa shape index (κ3) is 5.41. The molecule has 8 nitrogen and oxygen atoms in total. The van der Waals surface area contributed by atoms with Gasteiger partial charge in [-0.25, -0.2) is 14.0 Å². The zero-order valence-corrected chi connectivity index (χ0v) is 18.3. The Hall–Kier alpha value is -3.34. The predicted octanol–water partition coefficient (Wildman–Crippen LogP) is 3.20. The highest BCUT2D eigenvalue weighted by Gasteiger charge is 2.39. The van der Waals surface area contributed by atoms with Gasteiger partial charge in [-0.3, -0.25) is 14.3 Å². The van der Waals surface area contributed by atoms with Crippen LogP contribution < -0.4 is 11.2 Å². The van der Waals surface area contributed by atoms with E-state index in [1.807, 2.05) is 4.98 Å². The highest BCUT2D eigenvalue weighted by molar-refractivity contribution is 6.30. The largest absolute Gasteiger partial charge is 0.459 e. The Morgan fingerprint density at radius 1 is 1.15 bits per heavy atom. The molecule has 1 aromatic heterocycles. The number of hydrogen-bond acceptors (Lipinski definition) is 6. The van der Waals surface area contributed by atoms with E-state index in [1.165, 1.54) is 12.1 Å². The minimum Gasteiger partial charge on any atom is -0.459 e. The zero-order chi connectivity index (χ0) is 24.2. The standard InChI is InChI=1S/C23H19ClF2N2O6/c24-15-7-6-14(16(25)8-15)11-32-18-9-20(28-10-17(26)21(29)27-23(28)31)34-19(18)12-33-22(30)13-4-2-1-3-5-13/h1-8,10,18-20H,9,11-12H2,(H,27,29,31)/t18-,19+,20+/m0/s1. The van der Waals surface area contributed by atoms with Crippen LogP contribution in [0.2, 0.25) is 5.02 Å². The van der Waals surface area contributed by atoms with Crippen LogP contribution in [0.15, 0.2) is 64.3 Å². The van der Waals surface area contributed by atoms with Crippen molar-refractivity contribution in [2.24, 2.45) is 0 Å². The number of nitrogens with one attached hydrogen (secondary N) is 1. The summed E-state index contributed by atoms with van der Waals surface area (Å²) in [6.45, 7) is -0.389. The van der Waals surface area contributed by atoms with E-state index >= 15 is 0 Å². The molecule has 3 atom stereocenters. The maximum atomic E-state index is 14.2. The minimum absolute atomic E-state index is 0.0498. The fourth-order valence-corrected chi connectivity index (χ4v) is 3.68. The summed E-state index contributed by atoms with van der Waals surface area (Å²) in [5.41, 5.74) is -1.46. The smallest absolute Gasteiger partial charge is 0.338 e. The topological polar surface area (TPSA) is 99.6 Å². The maximum absolute atomic E-state index is 14.2. The number of aromatic amines is 1. The van der Waals surface area contributed by atoms with Gasteiger partial charge in [0.2, 0.25) is 5.82 Å². The Bertz CT molecular complexity index is 1300. The van der Waals surface area contributed by atoms with E-state index in [0.29, 0.717) is 5.56 Å². The molecule has 0 unspecified atom stereocenters. The summed E-state index contributed by atoms with van der Waals surface area (Å²) in [6.07, 6.45) is -1.83. The van der Waals surface area contributed by atoms with Crippen molar-refractivity contribution in [3.05, 3.63) is 103 Å². The molecule has 0 amide bonds. The van der Waals surface area contributed by atoms with E-state index in [0.717, 1.165) is 16.8 Å². The lowest BCUT2D eigenvalue weighted by molar-refractivity contribution is -0.0711. The van der Waals surface area contributed by atoms with E-state index < -0.39 is 47.3 Å². The minimum atomic E-state index is -1.16. The zero-order valence-electron chi connectivity index (χ0n) is 17.6. The summed E-state index contributed by atoms with van der Waals surface area (Å²) in [5, 5.41) is 0.232. The Kier molecular flexibility index (Phi) is 7.20. The Labute approximate surface area is 196 Å². The molecule has 34 heavy (non-hydrogen) atoms. The molecule has 2 aromatic carbocycles. The number of benzene rings is 2. The molecule has 3 aromatic rings. The van der Waals surface area contributed by atoms with Gasteiger partial charge in [-0.2, -0.15) is 4.39 Å². The van der Waals surface area contributed by atoms with Crippen molar-refractivity contribution in [1.29, 1.82) is 0 Å². The molecule has 0 saturated carbocycles. The van der Waals surface area contributed by atoms with Crippen molar-refractivity contribution >= 4 is 17.6 Å². The van der Waals surface area contributed by atoms with Gasteiger partial charge in [-0.05, 0) is 24.3 Å². The van der Waals surface area contributed by atoms with Crippen LogP contribution in [0.5, 0.6) is 0 Å². The Morgan fingerprint density at radius 2 is 1.91 bits per heavy atom. The molecule has 1 fully saturated rings. The number of esters is 1. The molecule has 0 radical (unpaired) electrons. The number of nitrogens with zero attached hydrogens (tertiary/aromatic N) is 1. The second kappa shape index (κ2) is 10.3. The summed E-state index contributed by atoms with van der Waals surface area (Å²) in [4.78, 5) is 37.7. The number of rotatable bonds is 7. The van der Waals surface area contributed by atoms with Gasteiger partial charge in [-0.1, -0.05) is 35.9 Å². The van der Waals surface area contributed by atoms with Crippen LogP contribution in [0.1, 0.15) is 28.6 Å². The lowest BCUT2D eigenvalue weighted by atomic mass is 10.1. The lowest BCUT2D eigenvalue weighted by Crippen LogP contribution is -2.34. The third-order valence-corrected chi connectivity index (χ3v) is 5.51. The molecular weight excluding hydrogens is 474 g/mol. The predicted molar refractivity (Wildman–Crippen MR) is 117 cm³/mol. The first-order valence-corrected chi connectivity index (χ1v) is 10.6. The van der Waals surface area contributed by atoms with Gasteiger partial charge < -0.3 is 14.2 Å². The summed E-state index contributed by atoms with van der Waals surface area (Å²) in [5.74, 6) is -2.32. The maximum Gasteiger partial charge on any atom is 0.338 e. The number of hydrogen-bond donors (Lipinski definition) is 1. The molecule has 1 aliphatic heterocycles. The van der Waals surface area contributed by atoms with Crippen LogP contribution in [0.4, 0.5) is 8.78 Å². The molecule has 1 aliphatic rings. The highest BCUT2D eigenvalue weighted by atomic mass is 35.5. The van der Waals surface area contributed by atoms with Crippen LogP contribution in [-0.2, 0) is 20.8 Å². The second-order valence-electron chi connectivity index (χ2n) is 7.56. The first kappa shape index (κ1) is 23.8. The second-order valence-corrected chi connectivity index (χ2v) is 7.99.